The van der Waals surface area contributed by atoms with E-state index in [1.807, 2.05) is 0 Å². The van der Waals surface area contributed by atoms with Gasteiger partial charge in [-0.2, -0.15) is 0 Å². The first kappa shape index (κ1) is 28.1. The molecule has 3 aliphatic carbocycles. The summed E-state index contributed by atoms with van der Waals surface area (Å²) in [5.41, 5.74) is 0. The smallest absolute Gasteiger partial charge is 0.113 e. The average molecular weight is 499 g/mol. The lowest BCUT2D eigenvalue weighted by Crippen LogP contribution is -2.62. The molecule has 0 aromatic rings. The fourth-order valence-electron chi connectivity index (χ4n) is 5.36. The van der Waals surface area contributed by atoms with E-state index in [9.17, 15) is 56.2 Å². The van der Waals surface area contributed by atoms with E-state index in [-0.39, 0.29) is 19.3 Å². The molecule has 3 saturated carbocycles. The zero-order valence-corrected chi connectivity index (χ0v) is 18.6. The number of aliphatic hydroxyl groups is 11. The summed E-state index contributed by atoms with van der Waals surface area (Å²) in [6, 6.07) is 0. The molecule has 200 valence electrons. The van der Waals surface area contributed by atoms with Crippen LogP contribution in [0.4, 0.5) is 0 Å². The lowest BCUT2D eigenvalue weighted by atomic mass is 9.78. The van der Waals surface area contributed by atoms with Gasteiger partial charge >= 0.3 is 0 Å². The topological polar surface area (TPSA) is 241 Å². The summed E-state index contributed by atoms with van der Waals surface area (Å²) in [6.45, 7) is -1.47. The summed E-state index contributed by atoms with van der Waals surface area (Å²) in [5.74, 6) is -2.42. The van der Waals surface area contributed by atoms with Gasteiger partial charge in [0, 0.05) is 37.6 Å². The Labute approximate surface area is 196 Å². The van der Waals surface area contributed by atoms with Gasteiger partial charge in [0.05, 0.1) is 36.6 Å². The highest BCUT2D eigenvalue weighted by Gasteiger charge is 2.51. The standard InChI is InChI=1S/C21H38O13/c22-4-7-1-10(16(28)19(31)13(7)25)33-12-3-9(6-24)15(27)21(18(12)30)34-11-2-8(5-23)14(26)20(32)17(11)29/h7-32H,1-6H2/t7-,8-,9-,10?,11+,12+,13-,14+,15+,16+,17+,18+,19+,20+,21+/m1/s1. The predicted octanol–water partition coefficient (Wildman–Crippen LogP) is -5.58. The Bertz CT molecular complexity index is 636. The first-order chi connectivity index (χ1) is 16.0. The molecule has 3 rings (SSSR count). The Kier molecular flexibility index (Phi) is 9.64. The molecule has 0 aliphatic heterocycles. The molecule has 0 bridgehead atoms. The molecule has 0 spiro atoms. The van der Waals surface area contributed by atoms with E-state index < -0.39 is 111 Å². The molecule has 3 fully saturated rings. The van der Waals surface area contributed by atoms with Gasteiger partial charge in [-0.3, -0.25) is 0 Å². The van der Waals surface area contributed by atoms with Gasteiger partial charge in [0.2, 0.25) is 0 Å². The van der Waals surface area contributed by atoms with Crippen LogP contribution in [0.15, 0.2) is 0 Å². The Hall–Kier alpha value is -0.520. The van der Waals surface area contributed by atoms with Crippen LogP contribution in [-0.2, 0) is 9.47 Å². The average Bonchev–Trinajstić information content (AvgIpc) is 2.83. The summed E-state index contributed by atoms with van der Waals surface area (Å²) in [7, 11) is 0. The van der Waals surface area contributed by atoms with Crippen molar-refractivity contribution in [2.75, 3.05) is 19.8 Å². The van der Waals surface area contributed by atoms with E-state index in [4.69, 9.17) is 9.47 Å². The molecule has 0 aromatic carbocycles. The van der Waals surface area contributed by atoms with Gasteiger partial charge in [-0.05, 0) is 19.3 Å². The highest BCUT2D eigenvalue weighted by Crippen LogP contribution is 2.36. The minimum absolute atomic E-state index is 0.0272. The van der Waals surface area contributed by atoms with Crippen molar-refractivity contribution in [2.45, 2.75) is 92.5 Å². The van der Waals surface area contributed by atoms with Crippen LogP contribution in [0.5, 0.6) is 0 Å². The maximum absolute atomic E-state index is 11.0. The first-order valence-electron chi connectivity index (χ1n) is 11.6. The van der Waals surface area contributed by atoms with E-state index in [1.165, 1.54) is 0 Å². The first-order valence-corrected chi connectivity index (χ1v) is 11.6. The monoisotopic (exact) mass is 498 g/mol. The normalized spacial score (nSPS) is 52.5. The molecule has 11 N–H and O–H groups in total. The van der Waals surface area contributed by atoms with E-state index in [2.05, 4.69) is 0 Å². The molecule has 0 heterocycles. The summed E-state index contributed by atoms with van der Waals surface area (Å²) < 4.78 is 11.6. The van der Waals surface area contributed by atoms with Crippen molar-refractivity contribution >= 4 is 0 Å². The van der Waals surface area contributed by atoms with E-state index >= 15 is 0 Å². The second-order valence-electron chi connectivity index (χ2n) is 9.81. The number of hydrogen-bond donors (Lipinski definition) is 11. The quantitative estimate of drug-likeness (QED) is 0.157. The van der Waals surface area contributed by atoms with Crippen LogP contribution in [0.3, 0.4) is 0 Å². The van der Waals surface area contributed by atoms with Crippen molar-refractivity contribution in [3.05, 3.63) is 0 Å². The molecule has 3 aliphatic rings. The zero-order chi connectivity index (χ0) is 25.3. The summed E-state index contributed by atoms with van der Waals surface area (Å²) in [5, 5.41) is 111. The molecular weight excluding hydrogens is 460 g/mol. The van der Waals surface area contributed by atoms with Crippen LogP contribution in [-0.4, -0.2) is 149 Å². The van der Waals surface area contributed by atoms with Crippen molar-refractivity contribution in [3.8, 4) is 0 Å². The number of ether oxygens (including phenoxy) is 2. The second kappa shape index (κ2) is 11.7. The van der Waals surface area contributed by atoms with Crippen LogP contribution in [0.25, 0.3) is 0 Å². The fraction of sp³-hybridized carbons (Fsp3) is 1.00. The van der Waals surface area contributed by atoms with Crippen molar-refractivity contribution < 1.29 is 65.6 Å². The van der Waals surface area contributed by atoms with Crippen molar-refractivity contribution in [1.29, 1.82) is 0 Å². The molecule has 0 amide bonds. The minimum Gasteiger partial charge on any atom is -0.396 e. The molecule has 0 saturated heterocycles. The van der Waals surface area contributed by atoms with E-state index in [0.29, 0.717) is 0 Å². The lowest BCUT2D eigenvalue weighted by Gasteiger charge is -2.48. The van der Waals surface area contributed by atoms with Gasteiger partial charge in [0.1, 0.15) is 36.6 Å². The number of aliphatic hydroxyl groups excluding tert-OH is 11. The van der Waals surface area contributed by atoms with Crippen LogP contribution in [0.2, 0.25) is 0 Å². The fourth-order valence-corrected chi connectivity index (χ4v) is 5.36. The van der Waals surface area contributed by atoms with Gasteiger partial charge in [-0.25, -0.2) is 0 Å². The maximum atomic E-state index is 11.0. The highest BCUT2D eigenvalue weighted by atomic mass is 16.6. The number of hydrogen-bond acceptors (Lipinski definition) is 13. The van der Waals surface area contributed by atoms with Crippen molar-refractivity contribution in [1.82, 2.24) is 0 Å². The van der Waals surface area contributed by atoms with E-state index in [0.717, 1.165) is 0 Å². The molecule has 34 heavy (non-hydrogen) atoms. The van der Waals surface area contributed by atoms with Crippen molar-refractivity contribution in [2.24, 2.45) is 17.8 Å². The minimum atomic E-state index is -1.63. The second-order valence-corrected chi connectivity index (χ2v) is 9.81. The summed E-state index contributed by atoms with van der Waals surface area (Å²) in [4.78, 5) is 0. The van der Waals surface area contributed by atoms with Crippen LogP contribution in [0.1, 0.15) is 19.3 Å². The van der Waals surface area contributed by atoms with E-state index in [1.54, 1.807) is 0 Å². The van der Waals surface area contributed by atoms with Crippen molar-refractivity contribution in [3.63, 3.8) is 0 Å². The van der Waals surface area contributed by atoms with Gasteiger partial charge in [0.25, 0.3) is 0 Å². The SMILES string of the molecule is OC[C@H]1CC(O[C@H]2C[C@H](CO)[C@H](O)[C@H](O[C@H]3C[C@H](CO)[C@H](O)[C@H](O)[C@H]3O)[C@H]2O)[C@H](O)[C@@H](O)[C@@H]1O. The third-order valence-electron chi connectivity index (χ3n) is 7.65. The highest BCUT2D eigenvalue weighted by molar-refractivity contribution is 5.00. The Morgan fingerprint density at radius 1 is 0.412 bits per heavy atom. The van der Waals surface area contributed by atoms with Crippen LogP contribution >= 0.6 is 0 Å². The molecule has 13 heteroatoms. The van der Waals surface area contributed by atoms with Gasteiger partial charge in [-0.1, -0.05) is 0 Å². The summed E-state index contributed by atoms with van der Waals surface area (Å²) in [6.07, 6.45) is -16.9. The third-order valence-corrected chi connectivity index (χ3v) is 7.65. The summed E-state index contributed by atoms with van der Waals surface area (Å²) >= 11 is 0. The number of rotatable bonds is 7. The molecular formula is C21H38O13. The van der Waals surface area contributed by atoms with Gasteiger partial charge < -0.3 is 65.6 Å². The predicted molar refractivity (Wildman–Crippen MR) is 111 cm³/mol. The van der Waals surface area contributed by atoms with Gasteiger partial charge in [-0.15, -0.1) is 0 Å². The van der Waals surface area contributed by atoms with Crippen LogP contribution in [0, 0.1) is 17.8 Å². The van der Waals surface area contributed by atoms with Crippen LogP contribution < -0.4 is 0 Å². The lowest BCUT2D eigenvalue weighted by molar-refractivity contribution is -0.262. The Morgan fingerprint density at radius 2 is 0.765 bits per heavy atom. The third kappa shape index (κ3) is 5.42. The molecule has 1 unspecified atom stereocenters. The maximum Gasteiger partial charge on any atom is 0.113 e. The van der Waals surface area contributed by atoms with Gasteiger partial charge in [0.15, 0.2) is 0 Å². The Morgan fingerprint density at radius 3 is 1.18 bits per heavy atom. The zero-order valence-electron chi connectivity index (χ0n) is 18.6. The Balaban J connectivity index is 1.76. The molecule has 13 nitrogen and oxygen atoms in total. The molecule has 0 radical (unpaired) electrons. The molecule has 0 aromatic heterocycles. The largest absolute Gasteiger partial charge is 0.396 e. The molecule has 15 atom stereocenters.